The minimum atomic E-state index is -0.244. The van der Waals surface area contributed by atoms with Crippen molar-refractivity contribution in [1.29, 1.82) is 10.8 Å². The number of guanidine groups is 2. The molecule has 19 heavy (non-hydrogen) atoms. The Bertz CT molecular complexity index is 614. The van der Waals surface area contributed by atoms with Gasteiger partial charge in [0, 0.05) is 31.4 Å². The average molecular weight is 259 g/mol. The summed E-state index contributed by atoms with van der Waals surface area (Å²) >= 11 is 0. The Hall–Kier alpha value is -2.57. The van der Waals surface area contributed by atoms with Gasteiger partial charge in [0.2, 0.25) is 0 Å². The minimum Gasteiger partial charge on any atom is -0.370 e. The first kappa shape index (κ1) is 12.9. The number of pyridine rings is 1. The van der Waals surface area contributed by atoms with Gasteiger partial charge in [-0.15, -0.1) is 0 Å². The highest BCUT2D eigenvalue weighted by molar-refractivity contribution is 5.94. The molecule has 0 aliphatic heterocycles. The van der Waals surface area contributed by atoms with Crippen LogP contribution in [0.25, 0.3) is 11.0 Å². The van der Waals surface area contributed by atoms with Gasteiger partial charge in [-0.1, -0.05) is 0 Å². The highest BCUT2D eigenvalue weighted by Crippen LogP contribution is 2.18. The lowest BCUT2D eigenvalue weighted by atomic mass is 10.1. The van der Waals surface area contributed by atoms with Crippen LogP contribution in [0.3, 0.4) is 0 Å². The molecule has 2 aromatic heterocycles. The van der Waals surface area contributed by atoms with E-state index in [-0.39, 0.29) is 11.9 Å². The Morgan fingerprint density at radius 1 is 1.47 bits per heavy atom. The van der Waals surface area contributed by atoms with E-state index >= 15 is 0 Å². The predicted molar refractivity (Wildman–Crippen MR) is 75.2 cm³/mol. The molecular weight excluding hydrogens is 242 g/mol. The molecule has 0 amide bonds. The monoisotopic (exact) mass is 259 g/mol. The molecule has 0 saturated carbocycles. The maximum absolute atomic E-state index is 7.49. The summed E-state index contributed by atoms with van der Waals surface area (Å²) in [5.41, 5.74) is 7.26. The quantitative estimate of drug-likeness (QED) is 0.398. The zero-order chi connectivity index (χ0) is 13.8. The number of nitrogens with one attached hydrogen (secondary N) is 4. The summed E-state index contributed by atoms with van der Waals surface area (Å²) in [6.07, 6.45) is 4.59. The van der Waals surface area contributed by atoms with E-state index in [1.54, 1.807) is 6.20 Å². The molecule has 2 rings (SSSR count). The Morgan fingerprint density at radius 2 is 2.26 bits per heavy atom. The first-order valence-electron chi connectivity index (χ1n) is 5.90. The first-order chi connectivity index (χ1) is 9.08. The zero-order valence-corrected chi connectivity index (χ0v) is 10.7. The lowest BCUT2D eigenvalue weighted by Crippen LogP contribution is -2.43. The number of nitrogens with two attached hydrogens (primary N) is 1. The van der Waals surface area contributed by atoms with Crippen LogP contribution < -0.4 is 16.4 Å². The van der Waals surface area contributed by atoms with Gasteiger partial charge in [0.1, 0.15) is 5.65 Å². The number of nitrogens with zero attached hydrogens (tertiary/aromatic N) is 2. The molecule has 0 spiro atoms. The van der Waals surface area contributed by atoms with E-state index in [0.29, 0.717) is 6.54 Å². The molecule has 0 atom stereocenters. The predicted octanol–water partition coefficient (Wildman–Crippen LogP) is 0.123. The van der Waals surface area contributed by atoms with Crippen LogP contribution in [0.4, 0.5) is 0 Å². The van der Waals surface area contributed by atoms with Crippen molar-refractivity contribution in [3.8, 4) is 0 Å². The van der Waals surface area contributed by atoms with Crippen molar-refractivity contribution in [3.63, 3.8) is 0 Å². The maximum atomic E-state index is 7.49. The Balaban J connectivity index is 1.99. The van der Waals surface area contributed by atoms with Gasteiger partial charge >= 0.3 is 0 Å². The Labute approximate surface area is 110 Å². The second-order valence-corrected chi connectivity index (χ2v) is 4.23. The normalized spacial score (nSPS) is 10.4. The van der Waals surface area contributed by atoms with E-state index in [2.05, 4.69) is 15.6 Å². The fraction of sp³-hybridized carbons (Fsp3) is 0.250. The molecule has 2 heterocycles. The number of fused-ring (bicyclic) bond motifs is 1. The lowest BCUT2D eigenvalue weighted by molar-refractivity contribution is 0.838. The molecule has 0 aromatic carbocycles. The van der Waals surface area contributed by atoms with Crippen molar-refractivity contribution in [2.45, 2.75) is 6.42 Å². The number of rotatable bonds is 3. The summed E-state index contributed by atoms with van der Waals surface area (Å²) in [6, 6.07) is 3.95. The minimum absolute atomic E-state index is 0.0332. The third-order valence-corrected chi connectivity index (χ3v) is 2.77. The van der Waals surface area contributed by atoms with Crippen molar-refractivity contribution in [1.82, 2.24) is 20.2 Å². The summed E-state index contributed by atoms with van der Waals surface area (Å²) < 4.78 is 1.99. The zero-order valence-electron chi connectivity index (χ0n) is 10.7. The van der Waals surface area contributed by atoms with Gasteiger partial charge in [0.05, 0.1) is 0 Å². The van der Waals surface area contributed by atoms with Crippen molar-refractivity contribution in [3.05, 3.63) is 30.1 Å². The van der Waals surface area contributed by atoms with E-state index in [9.17, 15) is 0 Å². The van der Waals surface area contributed by atoms with Gasteiger partial charge in [0.15, 0.2) is 11.9 Å². The molecule has 6 N–H and O–H groups in total. The smallest absolute Gasteiger partial charge is 0.195 e. The highest BCUT2D eigenvalue weighted by Gasteiger charge is 2.06. The summed E-state index contributed by atoms with van der Waals surface area (Å²) in [6.45, 7) is 0.590. The van der Waals surface area contributed by atoms with Crippen molar-refractivity contribution in [2.75, 3.05) is 6.54 Å². The fourth-order valence-electron chi connectivity index (χ4n) is 1.99. The second-order valence-electron chi connectivity index (χ2n) is 4.23. The number of aromatic nitrogens is 2. The summed E-state index contributed by atoms with van der Waals surface area (Å²) in [7, 11) is 1.96. The van der Waals surface area contributed by atoms with E-state index in [4.69, 9.17) is 16.6 Å². The van der Waals surface area contributed by atoms with Gasteiger partial charge in [-0.3, -0.25) is 16.1 Å². The molecule has 7 nitrogen and oxygen atoms in total. The third kappa shape index (κ3) is 3.01. The number of hydrogen-bond acceptors (Lipinski definition) is 3. The van der Waals surface area contributed by atoms with Crippen LogP contribution in [0.2, 0.25) is 0 Å². The van der Waals surface area contributed by atoms with E-state index < -0.39 is 0 Å². The number of aryl methyl sites for hydroxylation is 1. The average Bonchev–Trinajstić information content (AvgIpc) is 2.66. The second kappa shape index (κ2) is 5.38. The van der Waals surface area contributed by atoms with Crippen molar-refractivity contribution >= 4 is 23.0 Å². The van der Waals surface area contributed by atoms with Crippen LogP contribution in [-0.2, 0) is 13.5 Å². The Morgan fingerprint density at radius 3 is 3.00 bits per heavy atom. The largest absolute Gasteiger partial charge is 0.370 e. The molecule has 0 aliphatic rings. The van der Waals surface area contributed by atoms with Crippen LogP contribution in [0.5, 0.6) is 0 Å². The topological polar surface area (TPSA) is 116 Å². The summed E-state index contributed by atoms with van der Waals surface area (Å²) in [5, 5.41) is 20.9. The molecule has 0 unspecified atom stereocenters. The highest BCUT2D eigenvalue weighted by atomic mass is 15.2. The van der Waals surface area contributed by atoms with Gasteiger partial charge in [0.25, 0.3) is 0 Å². The summed E-state index contributed by atoms with van der Waals surface area (Å²) in [4.78, 5) is 4.33. The van der Waals surface area contributed by atoms with Gasteiger partial charge in [-0.25, -0.2) is 4.98 Å². The molecule has 0 radical (unpaired) electrons. The van der Waals surface area contributed by atoms with Crippen LogP contribution in [-0.4, -0.2) is 28.0 Å². The van der Waals surface area contributed by atoms with Crippen LogP contribution >= 0.6 is 0 Å². The molecule has 7 heteroatoms. The third-order valence-electron chi connectivity index (χ3n) is 2.77. The van der Waals surface area contributed by atoms with E-state index in [1.807, 2.05) is 29.9 Å². The molecule has 2 aromatic rings. The fourth-order valence-corrected chi connectivity index (χ4v) is 1.99. The first-order valence-corrected chi connectivity index (χ1v) is 5.90. The molecule has 0 saturated heterocycles. The van der Waals surface area contributed by atoms with Crippen molar-refractivity contribution in [2.24, 2.45) is 12.8 Å². The number of hydrogen-bond donors (Lipinski definition) is 5. The van der Waals surface area contributed by atoms with Crippen LogP contribution in [0.15, 0.2) is 24.5 Å². The lowest BCUT2D eigenvalue weighted by Gasteiger charge is -2.08. The van der Waals surface area contributed by atoms with Gasteiger partial charge in [-0.2, -0.15) is 0 Å². The maximum Gasteiger partial charge on any atom is 0.195 e. The van der Waals surface area contributed by atoms with Gasteiger partial charge < -0.3 is 15.6 Å². The molecule has 0 aliphatic carbocycles. The van der Waals surface area contributed by atoms with Crippen LogP contribution in [0.1, 0.15) is 5.56 Å². The molecule has 0 fully saturated rings. The SMILES string of the molecule is Cn1cc(CCNC(=N)NC(=N)N)c2cccnc21. The Kier molecular flexibility index (Phi) is 3.65. The standard InChI is InChI=1S/C12H17N7/c1-19-7-8(9-3-2-5-16-10(9)19)4-6-17-12(15)18-11(13)14/h2-3,5,7H,4,6H2,1H3,(H6,13,14,15,17,18). The molecule has 0 bridgehead atoms. The van der Waals surface area contributed by atoms with Gasteiger partial charge in [-0.05, 0) is 24.1 Å². The van der Waals surface area contributed by atoms with E-state index in [0.717, 1.165) is 17.5 Å². The molecular formula is C12H17N7. The summed E-state index contributed by atoms with van der Waals surface area (Å²) in [5.74, 6) is -0.210. The van der Waals surface area contributed by atoms with Crippen molar-refractivity contribution < 1.29 is 0 Å². The molecule has 100 valence electrons. The van der Waals surface area contributed by atoms with E-state index in [1.165, 1.54) is 5.56 Å². The van der Waals surface area contributed by atoms with Crippen LogP contribution in [0, 0.1) is 10.8 Å².